The van der Waals surface area contributed by atoms with E-state index < -0.39 is 80.8 Å². The quantitative estimate of drug-likeness (QED) is 0.0503. The molecule has 0 aliphatic carbocycles. The Morgan fingerprint density at radius 3 is 1.94 bits per heavy atom. The molecule has 3 aromatic carbocycles. The number of carbonyl (C=O) groups is 6. The number of amides is 5. The zero-order valence-electron chi connectivity index (χ0n) is 39.5. The van der Waals surface area contributed by atoms with Gasteiger partial charge in [0, 0.05) is 25.1 Å². The highest BCUT2D eigenvalue weighted by atomic mass is 32.2. The van der Waals surface area contributed by atoms with Crippen molar-refractivity contribution >= 4 is 45.4 Å². The second-order valence-corrected chi connectivity index (χ2v) is 19.5. The van der Waals surface area contributed by atoms with Gasteiger partial charge in [0.25, 0.3) is 16.0 Å². The van der Waals surface area contributed by atoms with Gasteiger partial charge < -0.3 is 36.4 Å². The standard InChI is InChI=1S/C50H66N6O11S/c1-7-23-51-46(59)38-19-14-20-39(31-38)68(64,65)67-33-50(6,63)45(58)41(28-34(2)3)53-49(62)43(30-37-17-12-9-13-18-37)55-48(61)42(29-35(4)5)54-47(60)40(22-21-36-15-10-8-11-16-36)52-44(57)32-56-24-26-66-27-25-56/h1,8-20,31,34-35,40-43,63H,21-30,32-33H2,2-6H3,(H,51,59)(H,52,57)(H,53,62)(H,54,60)(H,55,61). The van der Waals surface area contributed by atoms with E-state index in [0.29, 0.717) is 38.3 Å². The number of Topliss-reactive ketones (excluding diaryl/α,β-unsaturated/α-hetero) is 1. The lowest BCUT2D eigenvalue weighted by molar-refractivity contribution is -0.143. The minimum absolute atomic E-state index is 0.0158. The van der Waals surface area contributed by atoms with Crippen molar-refractivity contribution in [2.45, 2.75) is 101 Å². The lowest BCUT2D eigenvalue weighted by Gasteiger charge is -2.30. The number of morpholine rings is 1. The molecule has 1 fully saturated rings. The number of hydrogen-bond donors (Lipinski definition) is 6. The number of hydrogen-bond acceptors (Lipinski definition) is 12. The molecular weight excluding hydrogens is 893 g/mol. The highest BCUT2D eigenvalue weighted by Gasteiger charge is 2.40. The van der Waals surface area contributed by atoms with Crippen molar-refractivity contribution < 1.29 is 51.2 Å². The van der Waals surface area contributed by atoms with E-state index in [9.17, 15) is 42.3 Å². The van der Waals surface area contributed by atoms with Gasteiger partial charge in [-0.15, -0.1) is 6.42 Å². The maximum atomic E-state index is 14.4. The van der Waals surface area contributed by atoms with Crippen LogP contribution < -0.4 is 26.6 Å². The summed E-state index contributed by atoms with van der Waals surface area (Å²) in [5.41, 5.74) is -0.857. The predicted octanol–water partition coefficient (Wildman–Crippen LogP) is 2.31. The number of nitrogens with one attached hydrogen (secondary N) is 5. The van der Waals surface area contributed by atoms with Gasteiger partial charge in [-0.05, 0) is 73.8 Å². The molecule has 68 heavy (non-hydrogen) atoms. The SMILES string of the molecule is C#CCNC(=O)c1cccc(S(=O)(=O)OCC(C)(O)C(=O)C(CC(C)C)NC(=O)C(Cc2ccccc2)NC(=O)C(CC(C)C)NC(=O)C(CCc2ccccc2)NC(=O)CN2CCOCC2)c1. The Kier molecular flexibility index (Phi) is 21.3. The van der Waals surface area contributed by atoms with Crippen molar-refractivity contribution in [2.75, 3.05) is 46.0 Å². The smallest absolute Gasteiger partial charge is 0.297 e. The summed E-state index contributed by atoms with van der Waals surface area (Å²) in [5.74, 6) is -2.04. The van der Waals surface area contributed by atoms with Gasteiger partial charge in [0.15, 0.2) is 5.78 Å². The summed E-state index contributed by atoms with van der Waals surface area (Å²) in [6, 6.07) is 18.4. The highest BCUT2D eigenvalue weighted by molar-refractivity contribution is 7.86. The molecule has 6 N–H and O–H groups in total. The largest absolute Gasteiger partial charge is 0.380 e. The van der Waals surface area contributed by atoms with Gasteiger partial charge in [-0.3, -0.25) is 37.9 Å². The van der Waals surface area contributed by atoms with Gasteiger partial charge in [0.05, 0.1) is 37.2 Å². The van der Waals surface area contributed by atoms with Crippen molar-refractivity contribution in [3.8, 4) is 12.3 Å². The molecule has 0 radical (unpaired) electrons. The van der Waals surface area contributed by atoms with Crippen LogP contribution in [0.4, 0.5) is 0 Å². The van der Waals surface area contributed by atoms with Crippen LogP contribution in [0.1, 0.15) is 75.4 Å². The molecule has 0 spiro atoms. The average molecular weight is 959 g/mol. The van der Waals surface area contributed by atoms with E-state index in [-0.39, 0.29) is 62.1 Å². The van der Waals surface area contributed by atoms with E-state index in [2.05, 4.69) is 32.5 Å². The first-order valence-electron chi connectivity index (χ1n) is 22.8. The molecular formula is C50H66N6O11S. The lowest BCUT2D eigenvalue weighted by Crippen LogP contribution is -2.60. The number of carbonyl (C=O) groups excluding carboxylic acids is 6. The third-order valence-electron chi connectivity index (χ3n) is 11.0. The van der Waals surface area contributed by atoms with Crippen LogP contribution in [0.2, 0.25) is 0 Å². The first kappa shape index (κ1) is 54.6. The predicted molar refractivity (Wildman–Crippen MR) is 255 cm³/mol. The van der Waals surface area contributed by atoms with Gasteiger partial charge >= 0.3 is 0 Å². The van der Waals surface area contributed by atoms with Crippen LogP contribution in [0.15, 0.2) is 89.8 Å². The normalized spacial score (nSPS) is 15.7. The van der Waals surface area contributed by atoms with E-state index in [1.807, 2.05) is 49.1 Å². The fourth-order valence-electron chi connectivity index (χ4n) is 7.44. The molecule has 5 atom stereocenters. The van der Waals surface area contributed by atoms with Crippen LogP contribution in [0, 0.1) is 24.2 Å². The summed E-state index contributed by atoms with van der Waals surface area (Å²) in [7, 11) is -4.62. The van der Waals surface area contributed by atoms with E-state index in [1.165, 1.54) is 18.2 Å². The van der Waals surface area contributed by atoms with E-state index in [1.54, 1.807) is 44.2 Å². The Morgan fingerprint density at radius 1 is 0.765 bits per heavy atom. The minimum Gasteiger partial charge on any atom is -0.380 e. The topological polar surface area (TPSA) is 239 Å². The van der Waals surface area contributed by atoms with Crippen LogP contribution in [0.3, 0.4) is 0 Å². The molecule has 1 heterocycles. The fraction of sp³-hybridized carbons (Fsp3) is 0.480. The minimum atomic E-state index is -4.62. The van der Waals surface area contributed by atoms with E-state index in [4.69, 9.17) is 15.3 Å². The molecule has 4 rings (SSSR count). The number of ether oxygens (including phenoxy) is 1. The van der Waals surface area contributed by atoms with Crippen LogP contribution in [0.25, 0.3) is 0 Å². The molecule has 0 bridgehead atoms. The Labute approximate surface area is 400 Å². The molecule has 18 heteroatoms. The maximum absolute atomic E-state index is 14.4. The zero-order chi connectivity index (χ0) is 49.9. The number of ketones is 1. The van der Waals surface area contributed by atoms with Crippen molar-refractivity contribution in [1.82, 2.24) is 31.5 Å². The zero-order valence-corrected chi connectivity index (χ0v) is 40.3. The Bertz CT molecular complexity index is 2310. The monoisotopic (exact) mass is 958 g/mol. The summed E-state index contributed by atoms with van der Waals surface area (Å²) in [6.07, 6.45) is 6.07. The summed E-state index contributed by atoms with van der Waals surface area (Å²) in [6.45, 7) is 9.46. The average Bonchev–Trinajstić information content (AvgIpc) is 3.31. The molecule has 1 aliphatic heterocycles. The fourth-order valence-corrected chi connectivity index (χ4v) is 8.48. The first-order chi connectivity index (χ1) is 32.3. The summed E-state index contributed by atoms with van der Waals surface area (Å²) in [4.78, 5) is 84.2. The number of aryl methyl sites for hydroxylation is 1. The van der Waals surface area contributed by atoms with Gasteiger partial charge in [0.1, 0.15) is 30.3 Å². The van der Waals surface area contributed by atoms with Crippen LogP contribution >= 0.6 is 0 Å². The molecule has 17 nitrogen and oxygen atoms in total. The molecule has 5 amide bonds. The lowest BCUT2D eigenvalue weighted by atomic mass is 9.90. The van der Waals surface area contributed by atoms with E-state index >= 15 is 0 Å². The number of nitrogens with zero attached hydrogens (tertiary/aromatic N) is 1. The van der Waals surface area contributed by atoms with Gasteiger partial charge in [-0.25, -0.2) is 0 Å². The first-order valence-corrected chi connectivity index (χ1v) is 24.2. The summed E-state index contributed by atoms with van der Waals surface area (Å²) < 4.78 is 37.1. The van der Waals surface area contributed by atoms with Gasteiger partial charge in [-0.2, -0.15) is 8.42 Å². The Balaban J connectivity index is 1.54. The number of aliphatic hydroxyl groups is 1. The number of terminal acetylenes is 1. The maximum Gasteiger partial charge on any atom is 0.297 e. The highest BCUT2D eigenvalue weighted by Crippen LogP contribution is 2.21. The second kappa shape index (κ2) is 26.5. The molecule has 5 unspecified atom stereocenters. The van der Waals surface area contributed by atoms with Gasteiger partial charge in [-0.1, -0.05) is 100 Å². The molecule has 3 aromatic rings. The van der Waals surface area contributed by atoms with E-state index in [0.717, 1.165) is 18.6 Å². The van der Waals surface area contributed by atoms with Crippen molar-refractivity contribution in [3.05, 3.63) is 102 Å². The summed E-state index contributed by atoms with van der Waals surface area (Å²) in [5, 5.41) is 25.1. The molecule has 368 valence electrons. The number of benzene rings is 3. The van der Waals surface area contributed by atoms with Crippen molar-refractivity contribution in [1.29, 1.82) is 0 Å². The van der Waals surface area contributed by atoms with Crippen molar-refractivity contribution in [2.24, 2.45) is 11.8 Å². The molecule has 0 saturated carbocycles. The Hall–Kier alpha value is -5.97. The van der Waals surface area contributed by atoms with Crippen LogP contribution in [-0.4, -0.2) is 130 Å². The third-order valence-corrected chi connectivity index (χ3v) is 12.3. The Morgan fingerprint density at radius 2 is 1.32 bits per heavy atom. The molecule has 1 aliphatic rings. The number of rotatable bonds is 26. The molecule has 1 saturated heterocycles. The van der Waals surface area contributed by atoms with Crippen molar-refractivity contribution in [3.63, 3.8) is 0 Å². The van der Waals surface area contributed by atoms with Crippen LogP contribution in [-0.2, 0) is 55.9 Å². The summed E-state index contributed by atoms with van der Waals surface area (Å²) >= 11 is 0. The third kappa shape index (κ3) is 17.9. The van der Waals surface area contributed by atoms with Gasteiger partial charge in [0.2, 0.25) is 23.6 Å². The molecule has 0 aromatic heterocycles. The van der Waals surface area contributed by atoms with Crippen LogP contribution in [0.5, 0.6) is 0 Å². The second-order valence-electron chi connectivity index (χ2n) is 17.9.